The quantitative estimate of drug-likeness (QED) is 0.835. The van der Waals surface area contributed by atoms with Crippen LogP contribution in [0.2, 0.25) is 0 Å². The third kappa shape index (κ3) is 4.49. The van der Waals surface area contributed by atoms with Gasteiger partial charge in [-0.3, -0.25) is 4.79 Å². The third-order valence-corrected chi connectivity index (χ3v) is 5.93. The molecule has 0 atom stereocenters. The molecule has 1 aliphatic heterocycles. The molecule has 1 amide bonds. The summed E-state index contributed by atoms with van der Waals surface area (Å²) in [4.78, 5) is 14.5. The normalized spacial score (nSPS) is 15.8. The summed E-state index contributed by atoms with van der Waals surface area (Å²) in [6.45, 7) is 1.40. The molecule has 3 rings (SSSR count). The monoisotopic (exact) mass is 373 g/mol. The Labute approximate surface area is 154 Å². The molecule has 1 saturated heterocycles. The number of nitrogens with two attached hydrogens (primary N) is 1. The second kappa shape index (κ2) is 7.99. The van der Waals surface area contributed by atoms with Crippen molar-refractivity contribution in [2.75, 3.05) is 13.1 Å². The number of likely N-dealkylation sites (tertiary alicyclic amines) is 1. The number of piperidine rings is 1. The molecule has 0 aromatic heterocycles. The molecule has 0 unspecified atom stereocenters. The van der Waals surface area contributed by atoms with Gasteiger partial charge in [0.05, 0.1) is 4.90 Å². The van der Waals surface area contributed by atoms with Crippen molar-refractivity contribution < 1.29 is 13.2 Å². The van der Waals surface area contributed by atoms with Crippen LogP contribution in [-0.4, -0.2) is 38.4 Å². The fraction of sp³-hybridized carbons (Fsp3) is 0.316. The van der Waals surface area contributed by atoms with E-state index >= 15 is 0 Å². The van der Waals surface area contributed by atoms with Crippen molar-refractivity contribution in [3.05, 3.63) is 65.7 Å². The zero-order chi connectivity index (χ0) is 18.6. The van der Waals surface area contributed by atoms with Crippen molar-refractivity contribution in [1.82, 2.24) is 9.62 Å². The lowest BCUT2D eigenvalue weighted by Crippen LogP contribution is -2.42. The van der Waals surface area contributed by atoms with Crippen LogP contribution in [0.1, 0.15) is 28.8 Å². The average Bonchev–Trinajstić information content (AvgIpc) is 2.67. The van der Waals surface area contributed by atoms with Gasteiger partial charge in [-0.15, -0.1) is 0 Å². The van der Waals surface area contributed by atoms with Crippen molar-refractivity contribution in [2.24, 2.45) is 5.73 Å². The van der Waals surface area contributed by atoms with E-state index in [1.54, 1.807) is 17.0 Å². The van der Waals surface area contributed by atoms with Gasteiger partial charge in [0.25, 0.3) is 5.91 Å². The summed E-state index contributed by atoms with van der Waals surface area (Å²) in [6.07, 6.45) is 1.53. The Hall–Kier alpha value is -2.22. The molecule has 2 aromatic rings. The van der Waals surface area contributed by atoms with Crippen molar-refractivity contribution in [3.8, 4) is 0 Å². The third-order valence-electron chi connectivity index (χ3n) is 4.53. The molecule has 1 heterocycles. The Morgan fingerprint density at radius 2 is 1.77 bits per heavy atom. The van der Waals surface area contributed by atoms with Crippen LogP contribution in [0.4, 0.5) is 0 Å². The van der Waals surface area contributed by atoms with Crippen molar-refractivity contribution in [3.63, 3.8) is 0 Å². The molecule has 7 heteroatoms. The van der Waals surface area contributed by atoms with E-state index in [1.165, 1.54) is 12.1 Å². The minimum atomic E-state index is -3.69. The number of nitrogens with zero attached hydrogens (tertiary/aromatic N) is 1. The molecule has 0 spiro atoms. The average molecular weight is 373 g/mol. The summed E-state index contributed by atoms with van der Waals surface area (Å²) in [6, 6.07) is 15.6. The number of hydrogen-bond donors (Lipinski definition) is 2. The molecule has 0 saturated carbocycles. The molecule has 6 nitrogen and oxygen atoms in total. The second-order valence-corrected chi connectivity index (χ2v) is 8.23. The van der Waals surface area contributed by atoms with E-state index in [-0.39, 0.29) is 23.4 Å². The first kappa shape index (κ1) is 18.6. The minimum Gasteiger partial charge on any atom is -0.339 e. The van der Waals surface area contributed by atoms with E-state index in [1.807, 2.05) is 30.3 Å². The van der Waals surface area contributed by atoms with Crippen LogP contribution in [0.3, 0.4) is 0 Å². The first-order valence-electron chi connectivity index (χ1n) is 8.64. The zero-order valence-electron chi connectivity index (χ0n) is 14.5. The second-order valence-electron chi connectivity index (χ2n) is 6.47. The maximum absolute atomic E-state index is 12.6. The van der Waals surface area contributed by atoms with E-state index < -0.39 is 10.0 Å². The van der Waals surface area contributed by atoms with Gasteiger partial charge >= 0.3 is 0 Å². The molecule has 3 N–H and O–H groups in total. The maximum Gasteiger partial charge on any atom is 0.253 e. The smallest absolute Gasteiger partial charge is 0.253 e. The lowest BCUT2D eigenvalue weighted by molar-refractivity contribution is 0.0714. The highest BCUT2D eigenvalue weighted by atomic mass is 32.2. The molecular formula is C19H23N3O3S. The molecule has 0 radical (unpaired) electrons. The lowest BCUT2D eigenvalue weighted by atomic mass is 10.0. The highest BCUT2D eigenvalue weighted by Gasteiger charge is 2.23. The largest absolute Gasteiger partial charge is 0.339 e. The lowest BCUT2D eigenvalue weighted by Gasteiger charge is -2.30. The number of carbonyl (C=O) groups is 1. The molecule has 0 aliphatic carbocycles. The van der Waals surface area contributed by atoms with Gasteiger partial charge in [0, 0.05) is 31.2 Å². The zero-order valence-corrected chi connectivity index (χ0v) is 15.3. The molecule has 138 valence electrons. The van der Waals surface area contributed by atoms with Crippen LogP contribution in [0, 0.1) is 0 Å². The number of hydrogen-bond acceptors (Lipinski definition) is 4. The number of nitrogens with one attached hydrogen (secondary N) is 1. The molecule has 0 bridgehead atoms. The summed E-state index contributed by atoms with van der Waals surface area (Å²) < 4.78 is 27.7. The Kier molecular flexibility index (Phi) is 5.70. The van der Waals surface area contributed by atoms with Crippen LogP contribution in [0.5, 0.6) is 0 Å². The Bertz CT molecular complexity index is 861. The van der Waals surface area contributed by atoms with Crippen molar-refractivity contribution in [1.29, 1.82) is 0 Å². The Balaban J connectivity index is 1.72. The van der Waals surface area contributed by atoms with E-state index in [9.17, 15) is 13.2 Å². The van der Waals surface area contributed by atoms with Gasteiger partial charge in [0.15, 0.2) is 0 Å². The van der Waals surface area contributed by atoms with Gasteiger partial charge in [-0.2, -0.15) is 0 Å². The summed E-state index contributed by atoms with van der Waals surface area (Å²) in [5.74, 6) is -0.156. The van der Waals surface area contributed by atoms with Gasteiger partial charge < -0.3 is 10.6 Å². The predicted molar refractivity (Wildman–Crippen MR) is 100 cm³/mol. The predicted octanol–water partition coefficient (Wildman–Crippen LogP) is 1.73. The van der Waals surface area contributed by atoms with Crippen molar-refractivity contribution in [2.45, 2.75) is 30.3 Å². The topological polar surface area (TPSA) is 92.5 Å². The van der Waals surface area contributed by atoms with Gasteiger partial charge in [-0.25, -0.2) is 13.1 Å². The molecule has 1 fully saturated rings. The standard InChI is InChI=1S/C19H23N3O3S/c20-17-9-11-22(12-10-17)19(23)16-7-4-8-18(13-16)26(24,25)21-14-15-5-2-1-3-6-15/h1-8,13,17,21H,9-12,14,20H2. The Morgan fingerprint density at radius 1 is 1.08 bits per heavy atom. The molecule has 2 aromatic carbocycles. The fourth-order valence-corrected chi connectivity index (χ4v) is 4.00. The van der Waals surface area contributed by atoms with Crippen LogP contribution in [0.15, 0.2) is 59.5 Å². The number of rotatable bonds is 5. The summed E-state index contributed by atoms with van der Waals surface area (Å²) in [5.41, 5.74) is 7.12. The van der Waals surface area contributed by atoms with Gasteiger partial charge in [-0.1, -0.05) is 36.4 Å². The van der Waals surface area contributed by atoms with Gasteiger partial charge in [0.1, 0.15) is 0 Å². The van der Waals surface area contributed by atoms with Crippen LogP contribution in [-0.2, 0) is 16.6 Å². The first-order valence-corrected chi connectivity index (χ1v) is 10.1. The SMILES string of the molecule is NC1CCN(C(=O)c2cccc(S(=O)(=O)NCc3ccccc3)c2)CC1. The van der Waals surface area contributed by atoms with E-state index in [0.29, 0.717) is 18.7 Å². The summed E-state index contributed by atoms with van der Waals surface area (Å²) >= 11 is 0. The van der Waals surface area contributed by atoms with E-state index in [2.05, 4.69) is 4.72 Å². The number of carbonyl (C=O) groups excluding carboxylic acids is 1. The van der Waals surface area contributed by atoms with Crippen LogP contribution in [0.25, 0.3) is 0 Å². The maximum atomic E-state index is 12.6. The number of sulfonamides is 1. The number of amides is 1. The highest BCUT2D eigenvalue weighted by Crippen LogP contribution is 2.16. The molecular weight excluding hydrogens is 350 g/mol. The summed E-state index contributed by atoms with van der Waals surface area (Å²) in [5, 5.41) is 0. The van der Waals surface area contributed by atoms with E-state index in [4.69, 9.17) is 5.73 Å². The number of benzene rings is 2. The minimum absolute atomic E-state index is 0.0907. The van der Waals surface area contributed by atoms with E-state index in [0.717, 1.165) is 18.4 Å². The Morgan fingerprint density at radius 3 is 2.46 bits per heavy atom. The summed E-state index contributed by atoms with van der Waals surface area (Å²) in [7, 11) is -3.69. The molecule has 26 heavy (non-hydrogen) atoms. The molecule has 1 aliphatic rings. The van der Waals surface area contributed by atoms with Crippen molar-refractivity contribution >= 4 is 15.9 Å². The fourth-order valence-electron chi connectivity index (χ4n) is 2.94. The van der Waals surface area contributed by atoms with Crippen LogP contribution >= 0.6 is 0 Å². The van der Waals surface area contributed by atoms with Crippen LogP contribution < -0.4 is 10.5 Å². The highest BCUT2D eigenvalue weighted by molar-refractivity contribution is 7.89. The first-order chi connectivity index (χ1) is 12.5. The van der Waals surface area contributed by atoms with Gasteiger partial charge in [-0.05, 0) is 36.6 Å². The van der Waals surface area contributed by atoms with Gasteiger partial charge in [0.2, 0.25) is 10.0 Å².